The summed E-state index contributed by atoms with van der Waals surface area (Å²) >= 11 is 0. The van der Waals surface area contributed by atoms with Gasteiger partial charge < -0.3 is 14.2 Å². The van der Waals surface area contributed by atoms with Crippen molar-refractivity contribution in [3.05, 3.63) is 97.2 Å². The first-order chi connectivity index (χ1) is 41.0. The molecule has 1 atom stereocenters. The molecule has 0 rings (SSSR count). The van der Waals surface area contributed by atoms with Crippen molar-refractivity contribution in [2.75, 3.05) is 13.2 Å². The van der Waals surface area contributed by atoms with E-state index in [0.717, 1.165) is 103 Å². The van der Waals surface area contributed by atoms with Gasteiger partial charge in [0.15, 0.2) is 6.10 Å². The molecule has 0 heterocycles. The van der Waals surface area contributed by atoms with E-state index in [-0.39, 0.29) is 31.1 Å². The van der Waals surface area contributed by atoms with Crippen molar-refractivity contribution in [2.24, 2.45) is 0 Å². The first kappa shape index (κ1) is 79.3. The quantitative estimate of drug-likeness (QED) is 0.0261. The lowest BCUT2D eigenvalue weighted by molar-refractivity contribution is -0.167. The second-order valence-corrected chi connectivity index (χ2v) is 23.8. The molecule has 0 aliphatic rings. The Kier molecular flexibility index (Phi) is 67.7. The maximum absolute atomic E-state index is 12.9. The molecule has 0 aromatic rings. The van der Waals surface area contributed by atoms with Gasteiger partial charge in [-0.25, -0.2) is 0 Å². The molecule has 0 aliphatic heterocycles. The summed E-state index contributed by atoms with van der Waals surface area (Å²) in [6.07, 6.45) is 95.9. The molecule has 478 valence electrons. The van der Waals surface area contributed by atoms with E-state index in [4.69, 9.17) is 14.2 Å². The van der Waals surface area contributed by atoms with Gasteiger partial charge in [0.05, 0.1) is 0 Å². The zero-order chi connectivity index (χ0) is 59.9. The minimum Gasteiger partial charge on any atom is -0.462 e. The predicted octanol–water partition coefficient (Wildman–Crippen LogP) is 24.8. The molecule has 0 radical (unpaired) electrons. The highest BCUT2D eigenvalue weighted by molar-refractivity contribution is 5.71. The molecule has 6 heteroatoms. The van der Waals surface area contributed by atoms with Crippen LogP contribution in [0, 0.1) is 0 Å². The Morgan fingerprint density at radius 3 is 0.747 bits per heavy atom. The molecule has 0 bridgehead atoms. The summed E-state index contributed by atoms with van der Waals surface area (Å²) in [6, 6.07) is 0. The summed E-state index contributed by atoms with van der Waals surface area (Å²) in [5.41, 5.74) is 0. The highest BCUT2D eigenvalue weighted by Crippen LogP contribution is 2.17. The standard InChI is InChI=1S/C77H134O6/c1-4-7-10-13-16-19-21-23-25-27-29-31-33-34-35-36-37-38-39-40-41-42-44-45-47-49-51-53-55-58-61-64-67-70-76(79)82-73-74(72-81-75(78)69-66-63-60-57-18-15-12-9-6-3)83-77(80)71-68-65-62-59-56-54-52-50-48-46-43-32-30-28-26-24-22-20-17-14-11-8-5-2/h7,10,16,19,23,25,28-31,34-35,37-38,40-41,74H,4-6,8-9,11-15,17-18,20-22,24,26-27,32-33,36,39,42-73H2,1-3H3/b10-7-,19-16-,25-23-,30-28-,31-29-,35-34-,38-37-,41-40-. The first-order valence-corrected chi connectivity index (χ1v) is 35.7. The molecule has 0 saturated carbocycles. The third-order valence-corrected chi connectivity index (χ3v) is 15.6. The summed E-state index contributed by atoms with van der Waals surface area (Å²) in [7, 11) is 0. The van der Waals surface area contributed by atoms with E-state index in [1.807, 2.05) is 0 Å². The van der Waals surface area contributed by atoms with Crippen LogP contribution in [0.4, 0.5) is 0 Å². The Labute approximate surface area is 515 Å². The number of ether oxygens (including phenoxy) is 3. The monoisotopic (exact) mass is 1160 g/mol. The van der Waals surface area contributed by atoms with Crippen molar-refractivity contribution in [2.45, 2.75) is 361 Å². The van der Waals surface area contributed by atoms with Crippen LogP contribution < -0.4 is 0 Å². The minimum atomic E-state index is -0.777. The zero-order valence-corrected chi connectivity index (χ0v) is 54.9. The largest absolute Gasteiger partial charge is 0.462 e. The van der Waals surface area contributed by atoms with E-state index in [1.165, 1.54) is 212 Å². The lowest BCUT2D eigenvalue weighted by Gasteiger charge is -2.18. The highest BCUT2D eigenvalue weighted by Gasteiger charge is 2.19. The number of rotatable bonds is 65. The number of hydrogen-bond acceptors (Lipinski definition) is 6. The molecular formula is C77H134O6. The number of esters is 3. The van der Waals surface area contributed by atoms with Crippen LogP contribution in [0.1, 0.15) is 355 Å². The van der Waals surface area contributed by atoms with E-state index >= 15 is 0 Å². The van der Waals surface area contributed by atoms with Gasteiger partial charge in [-0.15, -0.1) is 0 Å². The smallest absolute Gasteiger partial charge is 0.306 e. The van der Waals surface area contributed by atoms with Crippen LogP contribution in [-0.2, 0) is 28.6 Å². The Balaban J connectivity index is 4.15. The second-order valence-electron chi connectivity index (χ2n) is 23.8. The third kappa shape index (κ3) is 69.0. The van der Waals surface area contributed by atoms with Crippen LogP contribution in [0.2, 0.25) is 0 Å². The van der Waals surface area contributed by atoms with Gasteiger partial charge >= 0.3 is 17.9 Å². The average molecular weight is 1160 g/mol. The molecule has 0 saturated heterocycles. The molecule has 1 unspecified atom stereocenters. The molecule has 0 amide bonds. The fourth-order valence-electron chi connectivity index (χ4n) is 10.2. The normalized spacial score (nSPS) is 12.7. The first-order valence-electron chi connectivity index (χ1n) is 35.7. The molecule has 0 aromatic heterocycles. The number of unbranched alkanes of at least 4 members (excludes halogenated alkanes) is 38. The summed E-state index contributed by atoms with van der Waals surface area (Å²) in [4.78, 5) is 38.3. The SMILES string of the molecule is CC/C=C\C/C=C\C/C=C\C/C=C\C/C=C\C/C=C\C/C=C\CCCCCCCCCCCCCC(=O)OCC(COC(=O)CCCCCCCCCCC)OC(=O)CCCCCCCCCCCCC/C=C\CCCCCCCCCC. The molecule has 83 heavy (non-hydrogen) atoms. The molecule has 0 aromatic carbocycles. The topological polar surface area (TPSA) is 78.9 Å². The summed E-state index contributed by atoms with van der Waals surface area (Å²) in [5.74, 6) is -0.865. The van der Waals surface area contributed by atoms with E-state index in [1.54, 1.807) is 0 Å². The Hall–Kier alpha value is -3.67. The molecule has 0 spiro atoms. The van der Waals surface area contributed by atoms with Crippen molar-refractivity contribution < 1.29 is 28.6 Å². The molecule has 0 N–H and O–H groups in total. The van der Waals surface area contributed by atoms with Gasteiger partial charge in [0, 0.05) is 19.3 Å². The van der Waals surface area contributed by atoms with Gasteiger partial charge in [-0.05, 0) is 103 Å². The van der Waals surface area contributed by atoms with Gasteiger partial charge in [0.2, 0.25) is 0 Å². The van der Waals surface area contributed by atoms with Crippen LogP contribution in [-0.4, -0.2) is 37.2 Å². The third-order valence-electron chi connectivity index (χ3n) is 15.6. The Morgan fingerprint density at radius 2 is 0.470 bits per heavy atom. The van der Waals surface area contributed by atoms with Crippen molar-refractivity contribution in [3.63, 3.8) is 0 Å². The summed E-state index contributed by atoms with van der Waals surface area (Å²) in [5, 5.41) is 0. The Bertz CT molecular complexity index is 1610. The average Bonchev–Trinajstić information content (AvgIpc) is 3.49. The van der Waals surface area contributed by atoms with Crippen LogP contribution in [0.3, 0.4) is 0 Å². The van der Waals surface area contributed by atoms with Crippen molar-refractivity contribution in [1.29, 1.82) is 0 Å². The van der Waals surface area contributed by atoms with Crippen LogP contribution in [0.15, 0.2) is 97.2 Å². The van der Waals surface area contributed by atoms with Gasteiger partial charge in [-0.2, -0.15) is 0 Å². The fourth-order valence-corrected chi connectivity index (χ4v) is 10.2. The van der Waals surface area contributed by atoms with Crippen LogP contribution >= 0.6 is 0 Å². The molecule has 6 nitrogen and oxygen atoms in total. The van der Waals surface area contributed by atoms with Crippen LogP contribution in [0.25, 0.3) is 0 Å². The number of allylic oxidation sites excluding steroid dienone is 16. The maximum Gasteiger partial charge on any atom is 0.306 e. The summed E-state index contributed by atoms with van der Waals surface area (Å²) in [6.45, 7) is 6.54. The van der Waals surface area contributed by atoms with Crippen molar-refractivity contribution >= 4 is 17.9 Å². The molecule has 0 aliphatic carbocycles. The summed E-state index contributed by atoms with van der Waals surface area (Å²) < 4.78 is 16.9. The number of hydrogen-bond donors (Lipinski definition) is 0. The van der Waals surface area contributed by atoms with E-state index in [2.05, 4.69) is 118 Å². The fraction of sp³-hybridized carbons (Fsp3) is 0.753. The van der Waals surface area contributed by atoms with Gasteiger partial charge in [-0.1, -0.05) is 330 Å². The molecular weight excluding hydrogens is 1020 g/mol. The predicted molar refractivity (Wildman–Crippen MR) is 362 cm³/mol. The van der Waals surface area contributed by atoms with Crippen LogP contribution in [0.5, 0.6) is 0 Å². The van der Waals surface area contributed by atoms with Crippen molar-refractivity contribution in [3.8, 4) is 0 Å². The number of carbonyl (C=O) groups is 3. The van der Waals surface area contributed by atoms with Crippen molar-refractivity contribution in [1.82, 2.24) is 0 Å². The van der Waals surface area contributed by atoms with E-state index < -0.39 is 6.10 Å². The second kappa shape index (κ2) is 70.8. The van der Waals surface area contributed by atoms with Gasteiger partial charge in [0.1, 0.15) is 13.2 Å². The van der Waals surface area contributed by atoms with E-state index in [9.17, 15) is 14.4 Å². The molecule has 0 fully saturated rings. The lowest BCUT2D eigenvalue weighted by atomic mass is 10.0. The van der Waals surface area contributed by atoms with Gasteiger partial charge in [-0.3, -0.25) is 14.4 Å². The minimum absolute atomic E-state index is 0.0740. The van der Waals surface area contributed by atoms with Gasteiger partial charge in [0.25, 0.3) is 0 Å². The zero-order valence-electron chi connectivity index (χ0n) is 54.9. The number of carbonyl (C=O) groups excluding carboxylic acids is 3. The van der Waals surface area contributed by atoms with E-state index in [0.29, 0.717) is 19.3 Å². The Morgan fingerprint density at radius 1 is 0.253 bits per heavy atom. The maximum atomic E-state index is 12.9. The lowest BCUT2D eigenvalue weighted by Crippen LogP contribution is -2.30. The highest BCUT2D eigenvalue weighted by atomic mass is 16.6.